The molecular weight excluding hydrogens is 335 g/mol. The van der Waals surface area contributed by atoms with Crippen molar-refractivity contribution in [3.63, 3.8) is 0 Å². The van der Waals surface area contributed by atoms with E-state index in [0.29, 0.717) is 10.3 Å². The zero-order chi connectivity index (χ0) is 15.6. The molecule has 2 aromatic rings. The second kappa shape index (κ2) is 6.10. The monoisotopic (exact) mass is 352 g/mol. The van der Waals surface area contributed by atoms with Gasteiger partial charge < -0.3 is 4.98 Å². The molecule has 0 aliphatic heterocycles. The van der Waals surface area contributed by atoms with E-state index in [1.54, 1.807) is 12.1 Å². The number of nitrogens with one attached hydrogen (secondary N) is 1. The van der Waals surface area contributed by atoms with Gasteiger partial charge in [-0.05, 0) is 53.9 Å². The molecule has 0 radical (unpaired) electrons. The van der Waals surface area contributed by atoms with E-state index >= 15 is 0 Å². The van der Waals surface area contributed by atoms with E-state index in [1.165, 1.54) is 12.1 Å². The summed E-state index contributed by atoms with van der Waals surface area (Å²) in [7, 11) is 0. The fraction of sp³-hybridized carbons (Fsp3) is 0.375. The van der Waals surface area contributed by atoms with E-state index in [4.69, 9.17) is 0 Å². The summed E-state index contributed by atoms with van der Waals surface area (Å²) >= 11 is 3.29. The summed E-state index contributed by atoms with van der Waals surface area (Å²) in [5, 5.41) is 0. The molecular formula is C16H18BrFN2O. The highest BCUT2D eigenvalue weighted by Gasteiger charge is 2.27. The normalized spacial score (nSPS) is 11.7. The lowest BCUT2D eigenvalue weighted by Gasteiger charge is -2.25. The van der Waals surface area contributed by atoms with Crippen LogP contribution in [0.5, 0.6) is 0 Å². The minimum atomic E-state index is -0.504. The molecule has 1 heterocycles. The van der Waals surface area contributed by atoms with Crippen LogP contribution in [0, 0.1) is 5.82 Å². The van der Waals surface area contributed by atoms with Crippen molar-refractivity contribution in [2.75, 3.05) is 0 Å². The number of halogens is 2. The summed E-state index contributed by atoms with van der Waals surface area (Å²) in [6.07, 6.45) is 1.64. The molecule has 0 saturated carbocycles. The van der Waals surface area contributed by atoms with Gasteiger partial charge >= 0.3 is 0 Å². The highest BCUT2D eigenvalue weighted by Crippen LogP contribution is 2.29. The van der Waals surface area contributed by atoms with Crippen LogP contribution in [0.4, 0.5) is 4.39 Å². The van der Waals surface area contributed by atoms with Crippen LogP contribution in [0.2, 0.25) is 0 Å². The largest absolute Gasteiger partial charge is 0.309 e. The zero-order valence-electron chi connectivity index (χ0n) is 12.3. The molecule has 0 amide bonds. The molecule has 0 saturated heterocycles. The van der Waals surface area contributed by atoms with Crippen molar-refractivity contribution >= 4 is 15.9 Å². The quantitative estimate of drug-likeness (QED) is 0.905. The molecule has 0 fully saturated rings. The van der Waals surface area contributed by atoms with Gasteiger partial charge in [0.05, 0.1) is 5.69 Å². The highest BCUT2D eigenvalue weighted by atomic mass is 79.9. The lowest BCUT2D eigenvalue weighted by Crippen LogP contribution is -2.27. The Morgan fingerprint density at radius 2 is 1.90 bits per heavy atom. The topological polar surface area (TPSA) is 45.8 Å². The summed E-state index contributed by atoms with van der Waals surface area (Å²) in [5.41, 5.74) is 0.970. The van der Waals surface area contributed by atoms with Crippen molar-refractivity contribution in [3.8, 4) is 0 Å². The second-order valence-electron chi connectivity index (χ2n) is 5.56. The Balaban J connectivity index is 2.53. The van der Waals surface area contributed by atoms with Gasteiger partial charge in [0.15, 0.2) is 0 Å². The van der Waals surface area contributed by atoms with E-state index < -0.39 is 5.41 Å². The first-order valence-electron chi connectivity index (χ1n) is 6.91. The van der Waals surface area contributed by atoms with Gasteiger partial charge in [-0.3, -0.25) is 4.79 Å². The fourth-order valence-corrected chi connectivity index (χ4v) is 2.59. The first-order chi connectivity index (χ1) is 9.86. The first-order valence-corrected chi connectivity index (χ1v) is 7.70. The summed E-state index contributed by atoms with van der Waals surface area (Å²) in [6, 6.07) is 6.27. The maximum absolute atomic E-state index is 13.1. The van der Waals surface area contributed by atoms with Crippen molar-refractivity contribution in [2.45, 2.75) is 39.0 Å². The molecule has 0 bridgehead atoms. The average Bonchev–Trinajstić information content (AvgIpc) is 2.44. The van der Waals surface area contributed by atoms with Crippen LogP contribution in [0.15, 0.2) is 33.5 Å². The summed E-state index contributed by atoms with van der Waals surface area (Å²) in [5.74, 6) is 0.309. The van der Waals surface area contributed by atoms with Crippen LogP contribution >= 0.6 is 15.9 Å². The lowest BCUT2D eigenvalue weighted by molar-refractivity contribution is 0.574. The van der Waals surface area contributed by atoms with E-state index in [2.05, 4.69) is 25.9 Å². The molecule has 0 aliphatic carbocycles. The minimum absolute atomic E-state index is 0.182. The minimum Gasteiger partial charge on any atom is -0.309 e. The Kier molecular flexibility index (Phi) is 4.61. The number of hydrogen-bond acceptors (Lipinski definition) is 2. The Bertz CT molecular complexity index is 692. The third-order valence-corrected chi connectivity index (χ3v) is 4.39. The fourth-order valence-electron chi connectivity index (χ4n) is 2.21. The Morgan fingerprint density at radius 1 is 1.29 bits per heavy atom. The smallest absolute Gasteiger partial charge is 0.265 e. The van der Waals surface area contributed by atoms with Crippen LogP contribution < -0.4 is 5.56 Å². The van der Waals surface area contributed by atoms with Crippen molar-refractivity contribution in [1.29, 1.82) is 0 Å². The molecule has 1 aromatic carbocycles. The van der Waals surface area contributed by atoms with Crippen molar-refractivity contribution in [3.05, 3.63) is 62.0 Å². The van der Waals surface area contributed by atoms with E-state index in [0.717, 1.165) is 24.1 Å². The number of rotatable bonds is 4. The Hall–Kier alpha value is -1.49. The molecule has 1 N–H and O–H groups in total. The molecule has 0 atom stereocenters. The molecule has 0 unspecified atom stereocenters. The molecule has 2 rings (SSSR count). The van der Waals surface area contributed by atoms with E-state index in [-0.39, 0.29) is 11.4 Å². The molecule has 21 heavy (non-hydrogen) atoms. The Labute approximate surface area is 131 Å². The molecule has 112 valence electrons. The molecule has 3 nitrogen and oxygen atoms in total. The number of benzene rings is 1. The summed E-state index contributed by atoms with van der Waals surface area (Å²) < 4.78 is 13.6. The van der Waals surface area contributed by atoms with E-state index in [9.17, 15) is 9.18 Å². The van der Waals surface area contributed by atoms with Crippen LogP contribution in [0.25, 0.3) is 0 Å². The number of H-pyrrole nitrogens is 1. The zero-order valence-corrected chi connectivity index (χ0v) is 13.9. The predicted octanol–water partition coefficient (Wildman–Crippen LogP) is 3.95. The number of nitrogens with zero attached hydrogens (tertiary/aromatic N) is 1. The van der Waals surface area contributed by atoms with Crippen LogP contribution in [0.1, 0.15) is 44.3 Å². The molecule has 0 aliphatic rings. The predicted molar refractivity (Wildman–Crippen MR) is 85.1 cm³/mol. The standard InChI is InChI=1S/C16H18BrFN2O/c1-4-5-12-13(17)14(21)20-15(19-12)16(2,3)10-6-8-11(18)9-7-10/h6-9H,4-5H2,1-3H3,(H,19,20,21). The summed E-state index contributed by atoms with van der Waals surface area (Å²) in [6.45, 7) is 5.96. The molecule has 0 spiro atoms. The number of aromatic amines is 1. The maximum Gasteiger partial charge on any atom is 0.265 e. The first kappa shape index (κ1) is 15.9. The van der Waals surface area contributed by atoms with Gasteiger partial charge in [0, 0.05) is 5.41 Å². The lowest BCUT2D eigenvalue weighted by atomic mass is 9.83. The average molecular weight is 353 g/mol. The molecule has 1 aromatic heterocycles. The van der Waals surface area contributed by atoms with Gasteiger partial charge in [0.2, 0.25) is 0 Å². The second-order valence-corrected chi connectivity index (χ2v) is 6.35. The van der Waals surface area contributed by atoms with Crippen LogP contribution in [-0.4, -0.2) is 9.97 Å². The van der Waals surface area contributed by atoms with Crippen LogP contribution in [-0.2, 0) is 11.8 Å². The van der Waals surface area contributed by atoms with Crippen molar-refractivity contribution in [2.24, 2.45) is 0 Å². The van der Waals surface area contributed by atoms with Gasteiger partial charge in [-0.1, -0.05) is 25.5 Å². The van der Waals surface area contributed by atoms with Crippen LogP contribution in [0.3, 0.4) is 0 Å². The number of aryl methyl sites for hydroxylation is 1. The van der Waals surface area contributed by atoms with E-state index in [1.807, 2.05) is 20.8 Å². The Morgan fingerprint density at radius 3 is 2.48 bits per heavy atom. The van der Waals surface area contributed by atoms with Gasteiger partial charge in [-0.25, -0.2) is 9.37 Å². The van der Waals surface area contributed by atoms with Gasteiger partial charge in [0.25, 0.3) is 5.56 Å². The third-order valence-electron chi connectivity index (χ3n) is 3.58. The third kappa shape index (κ3) is 3.23. The van der Waals surface area contributed by atoms with Gasteiger partial charge in [0.1, 0.15) is 16.1 Å². The highest BCUT2D eigenvalue weighted by molar-refractivity contribution is 9.10. The van der Waals surface area contributed by atoms with Gasteiger partial charge in [-0.15, -0.1) is 0 Å². The molecule has 5 heteroatoms. The SMILES string of the molecule is CCCc1nc(C(C)(C)c2ccc(F)cc2)[nH]c(=O)c1Br. The van der Waals surface area contributed by atoms with Crippen molar-refractivity contribution < 1.29 is 4.39 Å². The van der Waals surface area contributed by atoms with Gasteiger partial charge in [-0.2, -0.15) is 0 Å². The maximum atomic E-state index is 13.1. The number of aromatic nitrogens is 2. The number of hydrogen-bond donors (Lipinski definition) is 1. The summed E-state index contributed by atoms with van der Waals surface area (Å²) in [4.78, 5) is 19.5. The van der Waals surface area contributed by atoms with Crippen molar-refractivity contribution in [1.82, 2.24) is 9.97 Å².